The lowest BCUT2D eigenvalue weighted by Gasteiger charge is -2.24. The zero-order valence-electron chi connectivity index (χ0n) is 17.9. The van der Waals surface area contributed by atoms with Crippen molar-refractivity contribution in [1.82, 2.24) is 10.3 Å². The predicted octanol–water partition coefficient (Wildman–Crippen LogP) is 3.50. The maximum absolute atomic E-state index is 13.4. The Balaban J connectivity index is 1.72. The molecule has 7 nitrogen and oxygen atoms in total. The van der Waals surface area contributed by atoms with Crippen LogP contribution in [0, 0.1) is 6.92 Å². The normalized spacial score (nSPS) is 11.1. The van der Waals surface area contributed by atoms with Gasteiger partial charge in [-0.1, -0.05) is 23.8 Å². The number of rotatable bonds is 10. The van der Waals surface area contributed by atoms with Crippen LogP contribution in [0.5, 0.6) is 5.75 Å². The number of aromatic nitrogens is 1. The van der Waals surface area contributed by atoms with Crippen molar-refractivity contribution >= 4 is 33.4 Å². The molecule has 0 radical (unpaired) electrons. The number of nitrogens with one attached hydrogen (secondary N) is 1. The van der Waals surface area contributed by atoms with Crippen molar-refractivity contribution in [2.45, 2.75) is 16.8 Å². The SMILES string of the molecule is COc1ccc(S(=O)(=O)N(CC(=O)NCCSc2ccccn2)c2ccc(C)cc2)cc1. The van der Waals surface area contributed by atoms with Crippen LogP contribution in [0.2, 0.25) is 0 Å². The number of amides is 1. The van der Waals surface area contributed by atoms with E-state index >= 15 is 0 Å². The first-order valence-corrected chi connectivity index (χ1v) is 12.4. The maximum Gasteiger partial charge on any atom is 0.264 e. The molecule has 0 saturated carbocycles. The molecule has 1 N–H and O–H groups in total. The summed E-state index contributed by atoms with van der Waals surface area (Å²) in [6.07, 6.45) is 1.71. The average Bonchev–Trinajstić information content (AvgIpc) is 2.81. The highest BCUT2D eigenvalue weighted by atomic mass is 32.2. The largest absolute Gasteiger partial charge is 0.497 e. The maximum atomic E-state index is 13.4. The second-order valence-corrected chi connectivity index (χ2v) is 9.87. The van der Waals surface area contributed by atoms with Crippen LogP contribution < -0.4 is 14.4 Å². The molecule has 1 amide bonds. The van der Waals surface area contributed by atoms with Crippen molar-refractivity contribution in [1.29, 1.82) is 0 Å². The number of sulfonamides is 1. The Morgan fingerprint density at radius 2 is 1.78 bits per heavy atom. The fourth-order valence-corrected chi connectivity index (χ4v) is 5.01. The summed E-state index contributed by atoms with van der Waals surface area (Å²) < 4.78 is 33.0. The number of carbonyl (C=O) groups is 1. The number of methoxy groups -OCH3 is 1. The van der Waals surface area contributed by atoms with Crippen LogP contribution in [0.3, 0.4) is 0 Å². The minimum atomic E-state index is -3.96. The first kappa shape index (κ1) is 23.6. The summed E-state index contributed by atoms with van der Waals surface area (Å²) in [5.74, 6) is 0.789. The van der Waals surface area contributed by atoms with Crippen LogP contribution in [-0.2, 0) is 14.8 Å². The summed E-state index contributed by atoms with van der Waals surface area (Å²) in [4.78, 5) is 16.9. The van der Waals surface area contributed by atoms with Gasteiger partial charge in [-0.05, 0) is 55.5 Å². The average molecular weight is 472 g/mol. The molecule has 1 heterocycles. The Morgan fingerprint density at radius 1 is 1.06 bits per heavy atom. The van der Waals surface area contributed by atoms with Crippen molar-refractivity contribution in [3.8, 4) is 5.75 Å². The Kier molecular flexibility index (Phi) is 8.13. The van der Waals surface area contributed by atoms with E-state index in [1.807, 2.05) is 37.3 Å². The third-order valence-electron chi connectivity index (χ3n) is 4.57. The van der Waals surface area contributed by atoms with Gasteiger partial charge in [0.1, 0.15) is 12.3 Å². The van der Waals surface area contributed by atoms with Gasteiger partial charge in [-0.15, -0.1) is 11.8 Å². The second kappa shape index (κ2) is 11.0. The Bertz CT molecular complexity index is 1120. The lowest BCUT2D eigenvalue weighted by Crippen LogP contribution is -2.41. The molecule has 2 aromatic carbocycles. The van der Waals surface area contributed by atoms with Gasteiger partial charge >= 0.3 is 0 Å². The standard InChI is InChI=1S/C23H25N3O4S2/c1-18-6-8-19(9-7-18)26(32(28,29)21-12-10-20(30-2)11-13-21)17-22(27)24-15-16-31-23-5-3-4-14-25-23/h3-14H,15-17H2,1-2H3,(H,24,27). The first-order chi connectivity index (χ1) is 15.4. The molecule has 0 aliphatic heterocycles. The van der Waals surface area contributed by atoms with Crippen molar-refractivity contribution in [3.05, 3.63) is 78.5 Å². The van der Waals surface area contributed by atoms with Gasteiger partial charge < -0.3 is 10.1 Å². The molecule has 0 spiro atoms. The van der Waals surface area contributed by atoms with E-state index in [4.69, 9.17) is 4.74 Å². The minimum absolute atomic E-state index is 0.0809. The quantitative estimate of drug-likeness (QED) is 0.360. The third kappa shape index (κ3) is 6.24. The summed E-state index contributed by atoms with van der Waals surface area (Å²) in [5, 5.41) is 3.66. The van der Waals surface area contributed by atoms with E-state index < -0.39 is 10.0 Å². The molecule has 0 saturated heterocycles. The number of thioether (sulfide) groups is 1. The fourth-order valence-electron chi connectivity index (χ4n) is 2.87. The highest BCUT2D eigenvalue weighted by Crippen LogP contribution is 2.25. The van der Waals surface area contributed by atoms with E-state index in [0.717, 1.165) is 14.9 Å². The fraction of sp³-hybridized carbons (Fsp3) is 0.217. The molecular formula is C23H25N3O4S2. The van der Waals surface area contributed by atoms with Crippen molar-refractivity contribution < 1.29 is 17.9 Å². The molecule has 0 aliphatic rings. The van der Waals surface area contributed by atoms with Crippen molar-refractivity contribution in [2.75, 3.05) is 30.3 Å². The van der Waals surface area contributed by atoms with Crippen LogP contribution in [0.4, 0.5) is 5.69 Å². The van der Waals surface area contributed by atoms with E-state index in [9.17, 15) is 13.2 Å². The summed E-state index contributed by atoms with van der Waals surface area (Å²) in [6.45, 7) is 1.98. The van der Waals surface area contributed by atoms with Crippen LogP contribution in [-0.4, -0.2) is 45.3 Å². The van der Waals surface area contributed by atoms with E-state index in [1.165, 1.54) is 31.0 Å². The number of ether oxygens (including phenoxy) is 1. The lowest BCUT2D eigenvalue weighted by atomic mass is 10.2. The van der Waals surface area contributed by atoms with E-state index in [1.54, 1.807) is 30.5 Å². The second-order valence-electron chi connectivity index (χ2n) is 6.89. The number of aryl methyl sites for hydroxylation is 1. The number of pyridine rings is 1. The molecule has 0 fully saturated rings. The molecule has 0 bridgehead atoms. The van der Waals surface area contributed by atoms with Crippen molar-refractivity contribution in [3.63, 3.8) is 0 Å². The highest BCUT2D eigenvalue weighted by molar-refractivity contribution is 7.99. The van der Waals surface area contributed by atoms with E-state index in [2.05, 4.69) is 10.3 Å². The number of anilines is 1. The Labute approximate surface area is 192 Å². The molecule has 3 aromatic rings. The molecular weight excluding hydrogens is 446 g/mol. The van der Waals surface area contributed by atoms with Gasteiger partial charge in [0, 0.05) is 18.5 Å². The predicted molar refractivity (Wildman–Crippen MR) is 127 cm³/mol. The third-order valence-corrected chi connectivity index (χ3v) is 7.30. The van der Waals surface area contributed by atoms with Crippen LogP contribution >= 0.6 is 11.8 Å². The number of carbonyl (C=O) groups excluding carboxylic acids is 1. The van der Waals surface area contributed by atoms with Gasteiger partial charge in [0.2, 0.25) is 5.91 Å². The molecule has 168 valence electrons. The van der Waals surface area contributed by atoms with E-state index in [0.29, 0.717) is 23.7 Å². The molecule has 0 atom stereocenters. The van der Waals surface area contributed by atoms with Crippen molar-refractivity contribution in [2.24, 2.45) is 0 Å². The minimum Gasteiger partial charge on any atom is -0.497 e. The first-order valence-electron chi connectivity index (χ1n) is 9.94. The molecule has 0 unspecified atom stereocenters. The molecule has 9 heteroatoms. The number of hydrogen-bond donors (Lipinski definition) is 1. The number of hydrogen-bond acceptors (Lipinski definition) is 6. The van der Waals surface area contributed by atoms with Crippen LogP contribution in [0.15, 0.2) is 82.8 Å². The van der Waals surface area contributed by atoms with E-state index in [-0.39, 0.29) is 17.3 Å². The molecule has 32 heavy (non-hydrogen) atoms. The monoisotopic (exact) mass is 471 g/mol. The van der Waals surface area contributed by atoms with Gasteiger partial charge in [-0.3, -0.25) is 9.10 Å². The lowest BCUT2D eigenvalue weighted by molar-refractivity contribution is -0.119. The van der Waals surface area contributed by atoms with Gasteiger partial charge in [0.05, 0.1) is 22.7 Å². The summed E-state index contributed by atoms with van der Waals surface area (Å²) in [7, 11) is -2.45. The highest BCUT2D eigenvalue weighted by Gasteiger charge is 2.27. The van der Waals surface area contributed by atoms with Gasteiger partial charge in [0.25, 0.3) is 10.0 Å². The van der Waals surface area contributed by atoms with Gasteiger partial charge in [0.15, 0.2) is 0 Å². The zero-order chi connectivity index (χ0) is 23.0. The molecule has 3 rings (SSSR count). The summed E-state index contributed by atoms with van der Waals surface area (Å²) in [5.41, 5.74) is 1.41. The Morgan fingerprint density at radius 3 is 2.41 bits per heavy atom. The molecule has 0 aliphatic carbocycles. The topological polar surface area (TPSA) is 88.6 Å². The van der Waals surface area contributed by atoms with Crippen LogP contribution in [0.25, 0.3) is 0 Å². The van der Waals surface area contributed by atoms with Gasteiger partial charge in [-0.25, -0.2) is 13.4 Å². The Hall–Kier alpha value is -3.04. The number of benzene rings is 2. The number of nitrogens with zero attached hydrogens (tertiary/aromatic N) is 2. The van der Waals surface area contributed by atoms with Gasteiger partial charge in [-0.2, -0.15) is 0 Å². The summed E-state index contributed by atoms with van der Waals surface area (Å²) >= 11 is 1.52. The summed E-state index contributed by atoms with van der Waals surface area (Å²) in [6, 6.07) is 18.7. The van der Waals surface area contributed by atoms with Crippen LogP contribution in [0.1, 0.15) is 5.56 Å². The smallest absolute Gasteiger partial charge is 0.264 e. The zero-order valence-corrected chi connectivity index (χ0v) is 19.5. The molecule has 1 aromatic heterocycles.